The molecule has 0 aliphatic heterocycles. The first kappa shape index (κ1) is 10.4. The van der Waals surface area contributed by atoms with Gasteiger partial charge in [-0.2, -0.15) is 0 Å². The summed E-state index contributed by atoms with van der Waals surface area (Å²) in [6, 6.07) is 0. The SMILES string of the molecule is C[C@H](O)CN(C)c1ncc(Br)cn1. The average molecular weight is 246 g/mol. The average Bonchev–Trinajstić information content (AvgIpc) is 2.04. The Labute approximate surface area is 85.8 Å². The van der Waals surface area contributed by atoms with Crippen LogP contribution in [0.15, 0.2) is 16.9 Å². The van der Waals surface area contributed by atoms with Crippen LogP contribution in [-0.2, 0) is 0 Å². The summed E-state index contributed by atoms with van der Waals surface area (Å²) in [4.78, 5) is 9.98. The highest BCUT2D eigenvalue weighted by atomic mass is 79.9. The van der Waals surface area contributed by atoms with Crippen LogP contribution in [0, 0.1) is 0 Å². The number of aliphatic hydroxyl groups excluding tert-OH is 1. The van der Waals surface area contributed by atoms with Crippen molar-refractivity contribution in [2.75, 3.05) is 18.5 Å². The number of hydrogen-bond donors (Lipinski definition) is 1. The van der Waals surface area contributed by atoms with Gasteiger partial charge in [-0.05, 0) is 22.9 Å². The van der Waals surface area contributed by atoms with Crippen molar-refractivity contribution in [2.45, 2.75) is 13.0 Å². The second-order valence-electron chi connectivity index (χ2n) is 2.93. The molecule has 4 nitrogen and oxygen atoms in total. The van der Waals surface area contributed by atoms with Gasteiger partial charge in [0.1, 0.15) is 0 Å². The number of likely N-dealkylation sites (N-methyl/N-ethyl adjacent to an activating group) is 1. The van der Waals surface area contributed by atoms with Crippen LogP contribution in [0.25, 0.3) is 0 Å². The van der Waals surface area contributed by atoms with E-state index >= 15 is 0 Å². The van der Waals surface area contributed by atoms with Crippen LogP contribution in [0.1, 0.15) is 6.92 Å². The molecule has 0 aromatic carbocycles. The quantitative estimate of drug-likeness (QED) is 0.866. The minimum Gasteiger partial charge on any atom is -0.392 e. The molecule has 1 aromatic heterocycles. The van der Waals surface area contributed by atoms with Crippen molar-refractivity contribution in [3.8, 4) is 0 Å². The van der Waals surface area contributed by atoms with Gasteiger partial charge in [0, 0.05) is 26.0 Å². The van der Waals surface area contributed by atoms with Gasteiger partial charge < -0.3 is 10.0 Å². The molecule has 72 valence electrons. The lowest BCUT2D eigenvalue weighted by molar-refractivity contribution is 0.201. The molecule has 0 radical (unpaired) electrons. The second-order valence-corrected chi connectivity index (χ2v) is 3.85. The summed E-state index contributed by atoms with van der Waals surface area (Å²) >= 11 is 3.25. The molecule has 0 fully saturated rings. The molecule has 0 saturated heterocycles. The summed E-state index contributed by atoms with van der Waals surface area (Å²) in [5.74, 6) is 0.615. The predicted octanol–water partition coefficient (Wildman–Crippen LogP) is 1.06. The Kier molecular flexibility index (Phi) is 3.62. The Hall–Kier alpha value is -0.680. The molecule has 1 rings (SSSR count). The van der Waals surface area contributed by atoms with E-state index in [9.17, 15) is 0 Å². The molecule has 1 aromatic rings. The molecule has 0 bridgehead atoms. The fourth-order valence-corrected chi connectivity index (χ4v) is 1.19. The van der Waals surface area contributed by atoms with Gasteiger partial charge in [-0.1, -0.05) is 0 Å². The minimum atomic E-state index is -0.378. The highest BCUT2D eigenvalue weighted by Gasteiger charge is 2.05. The minimum absolute atomic E-state index is 0.378. The topological polar surface area (TPSA) is 49.2 Å². The smallest absolute Gasteiger partial charge is 0.225 e. The van der Waals surface area contributed by atoms with E-state index in [2.05, 4.69) is 25.9 Å². The van der Waals surface area contributed by atoms with Crippen LogP contribution < -0.4 is 4.90 Å². The van der Waals surface area contributed by atoms with Gasteiger partial charge >= 0.3 is 0 Å². The Bertz CT molecular complexity index is 263. The molecule has 0 unspecified atom stereocenters. The first-order valence-electron chi connectivity index (χ1n) is 3.96. The molecule has 0 saturated carbocycles. The normalized spacial score (nSPS) is 12.6. The molecule has 0 amide bonds. The standard InChI is InChI=1S/C8H12BrN3O/c1-6(13)5-12(2)8-10-3-7(9)4-11-8/h3-4,6,13H,5H2,1-2H3/t6-/m0/s1. The number of rotatable bonds is 3. The van der Waals surface area contributed by atoms with E-state index in [1.54, 1.807) is 24.2 Å². The lowest BCUT2D eigenvalue weighted by atomic mass is 10.4. The van der Waals surface area contributed by atoms with E-state index in [0.717, 1.165) is 4.47 Å². The van der Waals surface area contributed by atoms with Gasteiger partial charge in [-0.15, -0.1) is 0 Å². The van der Waals surface area contributed by atoms with E-state index < -0.39 is 0 Å². The molecule has 0 spiro atoms. The summed E-state index contributed by atoms with van der Waals surface area (Å²) in [6.45, 7) is 2.26. The fourth-order valence-electron chi connectivity index (χ4n) is 0.981. The summed E-state index contributed by atoms with van der Waals surface area (Å²) in [7, 11) is 1.84. The van der Waals surface area contributed by atoms with E-state index in [-0.39, 0.29) is 6.10 Å². The third kappa shape index (κ3) is 3.28. The summed E-state index contributed by atoms with van der Waals surface area (Å²) in [5.41, 5.74) is 0. The predicted molar refractivity (Wildman–Crippen MR) is 54.7 cm³/mol. The largest absolute Gasteiger partial charge is 0.392 e. The summed E-state index contributed by atoms with van der Waals surface area (Å²) in [5, 5.41) is 9.13. The van der Waals surface area contributed by atoms with Crippen LogP contribution in [0.4, 0.5) is 5.95 Å². The molecule has 1 atom stereocenters. The lowest BCUT2D eigenvalue weighted by Crippen LogP contribution is -2.28. The van der Waals surface area contributed by atoms with Gasteiger partial charge in [-0.3, -0.25) is 0 Å². The first-order valence-corrected chi connectivity index (χ1v) is 4.75. The van der Waals surface area contributed by atoms with Gasteiger partial charge in [0.25, 0.3) is 0 Å². The van der Waals surface area contributed by atoms with Gasteiger partial charge in [0.05, 0.1) is 10.6 Å². The number of hydrogen-bond acceptors (Lipinski definition) is 4. The fraction of sp³-hybridized carbons (Fsp3) is 0.500. The molecular weight excluding hydrogens is 234 g/mol. The van der Waals surface area contributed by atoms with Crippen LogP contribution in [0.5, 0.6) is 0 Å². The highest BCUT2D eigenvalue weighted by Crippen LogP contribution is 2.09. The van der Waals surface area contributed by atoms with Crippen molar-refractivity contribution in [1.29, 1.82) is 0 Å². The molecule has 1 heterocycles. The highest BCUT2D eigenvalue weighted by molar-refractivity contribution is 9.10. The lowest BCUT2D eigenvalue weighted by Gasteiger charge is -2.17. The first-order chi connectivity index (χ1) is 6.09. The number of anilines is 1. The van der Waals surface area contributed by atoms with Crippen molar-refractivity contribution in [3.63, 3.8) is 0 Å². The zero-order valence-corrected chi connectivity index (χ0v) is 9.19. The molecule has 0 aliphatic rings. The van der Waals surface area contributed by atoms with Crippen LogP contribution in [-0.4, -0.2) is 34.8 Å². The van der Waals surface area contributed by atoms with Crippen molar-refractivity contribution >= 4 is 21.9 Å². The molecule has 5 heteroatoms. The Balaban J connectivity index is 2.66. The number of halogens is 1. The number of aliphatic hydroxyl groups is 1. The van der Waals surface area contributed by atoms with Gasteiger partial charge in [-0.25, -0.2) is 9.97 Å². The third-order valence-electron chi connectivity index (χ3n) is 1.49. The summed E-state index contributed by atoms with van der Waals surface area (Å²) in [6.07, 6.45) is 2.99. The number of nitrogens with zero attached hydrogens (tertiary/aromatic N) is 3. The van der Waals surface area contributed by atoms with E-state index in [0.29, 0.717) is 12.5 Å². The maximum atomic E-state index is 9.13. The maximum Gasteiger partial charge on any atom is 0.225 e. The van der Waals surface area contributed by atoms with E-state index in [1.165, 1.54) is 0 Å². The van der Waals surface area contributed by atoms with E-state index in [4.69, 9.17) is 5.11 Å². The van der Waals surface area contributed by atoms with Crippen molar-refractivity contribution in [1.82, 2.24) is 9.97 Å². The zero-order chi connectivity index (χ0) is 9.84. The van der Waals surface area contributed by atoms with Gasteiger partial charge in [0.2, 0.25) is 5.95 Å². The zero-order valence-electron chi connectivity index (χ0n) is 7.61. The van der Waals surface area contributed by atoms with Crippen LogP contribution in [0.3, 0.4) is 0 Å². The molecular formula is C8H12BrN3O. The Morgan fingerprint density at radius 2 is 2.08 bits per heavy atom. The summed E-state index contributed by atoms with van der Waals surface area (Å²) < 4.78 is 0.849. The Morgan fingerprint density at radius 3 is 2.54 bits per heavy atom. The third-order valence-corrected chi connectivity index (χ3v) is 1.90. The van der Waals surface area contributed by atoms with Crippen molar-refractivity contribution in [2.24, 2.45) is 0 Å². The molecule has 0 aliphatic carbocycles. The molecule has 1 N–H and O–H groups in total. The van der Waals surface area contributed by atoms with Crippen LogP contribution in [0.2, 0.25) is 0 Å². The second kappa shape index (κ2) is 4.53. The van der Waals surface area contributed by atoms with E-state index in [1.807, 2.05) is 7.05 Å². The molecule has 13 heavy (non-hydrogen) atoms. The van der Waals surface area contributed by atoms with Crippen molar-refractivity contribution in [3.05, 3.63) is 16.9 Å². The van der Waals surface area contributed by atoms with Crippen LogP contribution >= 0.6 is 15.9 Å². The maximum absolute atomic E-state index is 9.13. The number of aromatic nitrogens is 2. The van der Waals surface area contributed by atoms with Crippen molar-refractivity contribution < 1.29 is 5.11 Å². The monoisotopic (exact) mass is 245 g/mol. The Morgan fingerprint density at radius 1 is 1.54 bits per heavy atom. The van der Waals surface area contributed by atoms with Gasteiger partial charge in [0.15, 0.2) is 0 Å².